The van der Waals surface area contributed by atoms with Crippen LogP contribution in [0.15, 0.2) is 48.8 Å². The molecule has 4 nitrogen and oxygen atoms in total. The molecule has 1 atom stereocenters. The number of rotatable bonds is 3. The van der Waals surface area contributed by atoms with Crippen LogP contribution in [0.4, 0.5) is 11.6 Å². The summed E-state index contributed by atoms with van der Waals surface area (Å²) in [6, 6.07) is 12.3. The number of hydrogen-bond donors (Lipinski definition) is 1. The van der Waals surface area contributed by atoms with Crippen molar-refractivity contribution in [2.24, 2.45) is 0 Å². The summed E-state index contributed by atoms with van der Waals surface area (Å²) in [5.74, 6) is 0.699. The molecular weight excluding hydrogens is 224 g/mol. The van der Waals surface area contributed by atoms with Gasteiger partial charge in [0.15, 0.2) is 0 Å². The van der Waals surface area contributed by atoms with E-state index in [9.17, 15) is 0 Å². The van der Waals surface area contributed by atoms with Gasteiger partial charge in [0.2, 0.25) is 5.95 Å². The Morgan fingerprint density at radius 1 is 1.06 bits per heavy atom. The molecule has 0 saturated carbocycles. The Morgan fingerprint density at radius 2 is 1.83 bits per heavy atom. The first-order valence-electron chi connectivity index (χ1n) is 6.29. The summed E-state index contributed by atoms with van der Waals surface area (Å²) in [6.45, 7) is 1.08. The van der Waals surface area contributed by atoms with Crippen LogP contribution >= 0.6 is 0 Å². The Kier molecular flexibility index (Phi) is 3.08. The first-order chi connectivity index (χ1) is 8.93. The molecule has 2 aromatic rings. The summed E-state index contributed by atoms with van der Waals surface area (Å²) < 4.78 is 0. The third kappa shape index (κ3) is 2.27. The fraction of sp³-hybridized carbons (Fsp3) is 0.286. The molecule has 3 rings (SSSR count). The molecule has 0 radical (unpaired) electrons. The highest BCUT2D eigenvalue weighted by Gasteiger charge is 2.24. The minimum Gasteiger partial charge on any atom is -0.351 e. The Labute approximate surface area is 107 Å². The lowest BCUT2D eigenvalue weighted by atomic mass is 10.3. The van der Waals surface area contributed by atoms with Gasteiger partial charge in [0.25, 0.3) is 0 Å². The molecule has 2 heterocycles. The second-order valence-corrected chi connectivity index (χ2v) is 4.40. The van der Waals surface area contributed by atoms with Crippen molar-refractivity contribution in [1.82, 2.24) is 9.97 Å². The number of anilines is 2. The molecule has 0 bridgehead atoms. The van der Waals surface area contributed by atoms with E-state index < -0.39 is 0 Å². The van der Waals surface area contributed by atoms with Crippen LogP contribution in [-0.2, 0) is 0 Å². The number of hydrogen-bond acceptors (Lipinski definition) is 4. The van der Waals surface area contributed by atoms with E-state index in [0.717, 1.165) is 13.0 Å². The van der Waals surface area contributed by atoms with Crippen molar-refractivity contribution in [3.63, 3.8) is 0 Å². The Morgan fingerprint density at radius 3 is 2.61 bits per heavy atom. The van der Waals surface area contributed by atoms with Crippen molar-refractivity contribution in [1.29, 1.82) is 0 Å². The van der Waals surface area contributed by atoms with Crippen molar-refractivity contribution in [2.75, 3.05) is 16.8 Å². The Bertz CT molecular complexity index is 486. The maximum Gasteiger partial charge on any atom is 0.224 e. The maximum absolute atomic E-state index is 4.22. The summed E-state index contributed by atoms with van der Waals surface area (Å²) >= 11 is 0. The summed E-state index contributed by atoms with van der Waals surface area (Å²) in [4.78, 5) is 10.8. The van der Waals surface area contributed by atoms with Crippen molar-refractivity contribution in [3.8, 4) is 0 Å². The van der Waals surface area contributed by atoms with Gasteiger partial charge in [0, 0.05) is 24.6 Å². The average Bonchev–Trinajstić information content (AvgIpc) is 2.89. The summed E-state index contributed by atoms with van der Waals surface area (Å²) in [7, 11) is 0. The molecule has 0 amide bonds. The second-order valence-electron chi connectivity index (χ2n) is 4.40. The highest BCUT2D eigenvalue weighted by atomic mass is 15.3. The molecule has 0 aliphatic carbocycles. The van der Waals surface area contributed by atoms with Crippen molar-refractivity contribution in [2.45, 2.75) is 19.0 Å². The zero-order chi connectivity index (χ0) is 12.2. The van der Waals surface area contributed by atoms with Crippen LogP contribution in [0.2, 0.25) is 0 Å². The van der Waals surface area contributed by atoms with Crippen molar-refractivity contribution in [3.05, 3.63) is 48.8 Å². The van der Waals surface area contributed by atoms with Crippen LogP contribution in [0.5, 0.6) is 0 Å². The second kappa shape index (κ2) is 5.04. The average molecular weight is 240 g/mol. The van der Waals surface area contributed by atoms with Crippen LogP contribution in [0.25, 0.3) is 0 Å². The predicted octanol–water partition coefficient (Wildman–Crippen LogP) is 2.52. The van der Waals surface area contributed by atoms with Gasteiger partial charge in [-0.05, 0) is 31.0 Å². The van der Waals surface area contributed by atoms with Gasteiger partial charge in [-0.1, -0.05) is 18.2 Å². The first-order valence-corrected chi connectivity index (χ1v) is 6.29. The van der Waals surface area contributed by atoms with E-state index in [1.807, 2.05) is 12.1 Å². The number of para-hydroxylation sites is 1. The van der Waals surface area contributed by atoms with Crippen LogP contribution in [-0.4, -0.2) is 22.7 Å². The lowest BCUT2D eigenvalue weighted by Gasteiger charge is -2.27. The van der Waals surface area contributed by atoms with E-state index in [1.165, 1.54) is 12.1 Å². The molecule has 92 valence electrons. The lowest BCUT2D eigenvalue weighted by Crippen LogP contribution is -2.36. The summed E-state index contributed by atoms with van der Waals surface area (Å²) in [5, 5.41) is 3.39. The monoisotopic (exact) mass is 240 g/mol. The predicted molar refractivity (Wildman–Crippen MR) is 72.5 cm³/mol. The van der Waals surface area contributed by atoms with Gasteiger partial charge < -0.3 is 10.2 Å². The minimum absolute atomic E-state index is 0.287. The fourth-order valence-electron chi connectivity index (χ4n) is 2.37. The summed E-state index contributed by atoms with van der Waals surface area (Å²) in [6.07, 6.45) is 6.12. The highest BCUT2D eigenvalue weighted by Crippen LogP contribution is 2.25. The van der Waals surface area contributed by atoms with E-state index in [-0.39, 0.29) is 6.17 Å². The number of benzene rings is 1. The van der Waals surface area contributed by atoms with E-state index >= 15 is 0 Å². The first kappa shape index (κ1) is 11.0. The molecule has 0 spiro atoms. The van der Waals surface area contributed by atoms with Crippen LogP contribution in [0.3, 0.4) is 0 Å². The van der Waals surface area contributed by atoms with Gasteiger partial charge in [0.05, 0.1) is 0 Å². The summed E-state index contributed by atoms with van der Waals surface area (Å²) in [5.41, 5.74) is 1.25. The molecule has 1 aromatic heterocycles. The molecule has 1 fully saturated rings. The number of nitrogens with one attached hydrogen (secondary N) is 1. The highest BCUT2D eigenvalue weighted by molar-refractivity contribution is 5.49. The zero-order valence-electron chi connectivity index (χ0n) is 10.2. The fourth-order valence-corrected chi connectivity index (χ4v) is 2.37. The van der Waals surface area contributed by atoms with Crippen LogP contribution in [0.1, 0.15) is 12.8 Å². The van der Waals surface area contributed by atoms with E-state index in [0.29, 0.717) is 5.95 Å². The third-order valence-electron chi connectivity index (χ3n) is 3.20. The van der Waals surface area contributed by atoms with E-state index in [1.54, 1.807) is 12.4 Å². The molecular formula is C14H16N4. The topological polar surface area (TPSA) is 41.0 Å². The third-order valence-corrected chi connectivity index (χ3v) is 3.20. The van der Waals surface area contributed by atoms with Gasteiger partial charge in [-0.15, -0.1) is 0 Å². The van der Waals surface area contributed by atoms with Gasteiger partial charge in [-0.3, -0.25) is 0 Å². The van der Waals surface area contributed by atoms with Gasteiger partial charge in [-0.2, -0.15) is 0 Å². The quantitative estimate of drug-likeness (QED) is 0.895. The number of nitrogens with zero attached hydrogens (tertiary/aromatic N) is 3. The van der Waals surface area contributed by atoms with Gasteiger partial charge in [-0.25, -0.2) is 9.97 Å². The molecule has 1 aliphatic rings. The molecule has 0 unspecified atom stereocenters. The molecule has 1 saturated heterocycles. The molecule has 1 N–H and O–H groups in total. The van der Waals surface area contributed by atoms with Crippen LogP contribution in [0, 0.1) is 0 Å². The zero-order valence-corrected chi connectivity index (χ0v) is 10.2. The van der Waals surface area contributed by atoms with Gasteiger partial charge in [0.1, 0.15) is 6.17 Å². The smallest absolute Gasteiger partial charge is 0.224 e. The number of aromatic nitrogens is 2. The molecule has 4 heteroatoms. The lowest BCUT2D eigenvalue weighted by molar-refractivity contribution is 0.739. The SMILES string of the molecule is c1ccc(N2CCC[C@@H]2Nc2ncccn2)cc1. The Hall–Kier alpha value is -2.10. The van der Waals surface area contributed by atoms with Gasteiger partial charge >= 0.3 is 0 Å². The largest absolute Gasteiger partial charge is 0.351 e. The standard InChI is InChI=1S/C14H16N4/c1-2-6-12(7-3-1)18-11-4-8-13(18)17-14-15-9-5-10-16-14/h1-3,5-7,9-10,13H,4,8,11H2,(H,15,16,17)/t13-/m1/s1. The molecule has 1 aromatic carbocycles. The minimum atomic E-state index is 0.287. The van der Waals surface area contributed by atoms with E-state index in [4.69, 9.17) is 0 Å². The maximum atomic E-state index is 4.22. The molecule has 1 aliphatic heterocycles. The molecule has 18 heavy (non-hydrogen) atoms. The van der Waals surface area contributed by atoms with Crippen molar-refractivity contribution >= 4 is 11.6 Å². The van der Waals surface area contributed by atoms with E-state index in [2.05, 4.69) is 44.5 Å². The normalized spacial score (nSPS) is 18.9. The van der Waals surface area contributed by atoms with Crippen LogP contribution < -0.4 is 10.2 Å². The van der Waals surface area contributed by atoms with Crippen molar-refractivity contribution < 1.29 is 0 Å². The Balaban J connectivity index is 1.76.